The number of aromatic nitrogens is 3. The first kappa shape index (κ1) is 18.4. The SMILES string of the molecule is C[C@@H](Sc1nnc(-c2ccc(F)cc2)n1N)C(=O)Nc1cccc(C#N)c1. The van der Waals surface area contributed by atoms with E-state index < -0.39 is 5.25 Å². The Hall–Kier alpha value is -3.38. The summed E-state index contributed by atoms with van der Waals surface area (Å²) in [5.41, 5.74) is 1.61. The van der Waals surface area contributed by atoms with E-state index in [4.69, 9.17) is 11.1 Å². The van der Waals surface area contributed by atoms with Crippen LogP contribution in [-0.2, 0) is 4.79 Å². The molecule has 0 fully saturated rings. The minimum atomic E-state index is -0.511. The lowest BCUT2D eigenvalue weighted by Crippen LogP contribution is -2.23. The van der Waals surface area contributed by atoms with Crippen molar-refractivity contribution in [2.24, 2.45) is 0 Å². The van der Waals surface area contributed by atoms with Crippen LogP contribution in [0.1, 0.15) is 12.5 Å². The third-order valence-electron chi connectivity index (χ3n) is 3.68. The molecule has 1 amide bonds. The van der Waals surface area contributed by atoms with Gasteiger partial charge in [-0.2, -0.15) is 5.26 Å². The van der Waals surface area contributed by atoms with Gasteiger partial charge in [0.1, 0.15) is 5.82 Å². The molecule has 1 heterocycles. The molecule has 0 aliphatic rings. The average molecular weight is 382 g/mol. The zero-order valence-corrected chi connectivity index (χ0v) is 15.1. The minimum absolute atomic E-state index is 0.263. The Balaban J connectivity index is 1.70. The molecule has 1 aromatic heterocycles. The number of halogens is 1. The number of carbonyl (C=O) groups is 1. The predicted octanol–water partition coefficient (Wildman–Crippen LogP) is 2.79. The molecule has 0 unspecified atom stereocenters. The van der Waals surface area contributed by atoms with Gasteiger partial charge in [0.25, 0.3) is 0 Å². The maximum Gasteiger partial charge on any atom is 0.237 e. The molecule has 0 saturated carbocycles. The van der Waals surface area contributed by atoms with Crippen molar-refractivity contribution in [1.29, 1.82) is 5.26 Å². The molecular weight excluding hydrogens is 367 g/mol. The molecule has 0 saturated heterocycles. The summed E-state index contributed by atoms with van der Waals surface area (Å²) >= 11 is 1.14. The quantitative estimate of drug-likeness (QED) is 0.519. The Morgan fingerprint density at radius 3 is 2.74 bits per heavy atom. The number of hydrogen-bond donors (Lipinski definition) is 2. The number of carbonyl (C=O) groups excluding carboxylic acids is 1. The highest BCUT2D eigenvalue weighted by Gasteiger charge is 2.20. The van der Waals surface area contributed by atoms with Gasteiger partial charge in [-0.25, -0.2) is 9.07 Å². The van der Waals surface area contributed by atoms with Crippen molar-refractivity contribution in [2.45, 2.75) is 17.3 Å². The molecule has 0 radical (unpaired) electrons. The number of rotatable bonds is 5. The van der Waals surface area contributed by atoms with E-state index in [0.29, 0.717) is 27.8 Å². The van der Waals surface area contributed by atoms with Crippen LogP contribution in [0.25, 0.3) is 11.4 Å². The summed E-state index contributed by atoms with van der Waals surface area (Å²) in [6, 6.07) is 14.4. The van der Waals surface area contributed by atoms with Crippen LogP contribution < -0.4 is 11.2 Å². The van der Waals surface area contributed by atoms with Crippen LogP contribution in [0.3, 0.4) is 0 Å². The molecule has 0 aliphatic carbocycles. The standard InChI is InChI=1S/C18H15FN6OS/c1-11(17(26)22-15-4-2-3-12(9-15)10-20)27-18-24-23-16(25(18)21)13-5-7-14(19)8-6-13/h2-9,11H,21H2,1H3,(H,22,26)/t11-/m1/s1. The van der Waals surface area contributed by atoms with Crippen molar-refractivity contribution in [3.63, 3.8) is 0 Å². The Bertz CT molecular complexity index is 1010. The van der Waals surface area contributed by atoms with Crippen LogP contribution in [0.2, 0.25) is 0 Å². The van der Waals surface area contributed by atoms with E-state index in [2.05, 4.69) is 15.5 Å². The summed E-state index contributed by atoms with van der Waals surface area (Å²) in [6.07, 6.45) is 0. The summed E-state index contributed by atoms with van der Waals surface area (Å²) in [5, 5.41) is 19.5. The van der Waals surface area contributed by atoms with Crippen molar-refractivity contribution in [3.8, 4) is 17.5 Å². The molecule has 0 aliphatic heterocycles. The van der Waals surface area contributed by atoms with Gasteiger partial charge in [0.05, 0.1) is 16.9 Å². The van der Waals surface area contributed by atoms with Crippen LogP contribution in [-0.4, -0.2) is 26.0 Å². The van der Waals surface area contributed by atoms with Crippen molar-refractivity contribution >= 4 is 23.4 Å². The fraction of sp³-hybridized carbons (Fsp3) is 0.111. The molecule has 3 aromatic rings. The largest absolute Gasteiger partial charge is 0.335 e. The first-order chi connectivity index (χ1) is 13.0. The second-order valence-electron chi connectivity index (χ2n) is 5.63. The smallest absolute Gasteiger partial charge is 0.237 e. The number of nitrogen functional groups attached to an aromatic ring is 1. The summed E-state index contributed by atoms with van der Waals surface area (Å²) in [7, 11) is 0. The van der Waals surface area contributed by atoms with Gasteiger partial charge in [0, 0.05) is 11.3 Å². The highest BCUT2D eigenvalue weighted by molar-refractivity contribution is 8.00. The second kappa shape index (κ2) is 7.88. The van der Waals surface area contributed by atoms with E-state index in [0.717, 1.165) is 11.8 Å². The number of thioether (sulfide) groups is 1. The summed E-state index contributed by atoms with van der Waals surface area (Å²) in [4.78, 5) is 12.4. The lowest BCUT2D eigenvalue weighted by Gasteiger charge is -2.11. The maximum absolute atomic E-state index is 13.1. The van der Waals surface area contributed by atoms with Crippen LogP contribution in [0.15, 0.2) is 53.7 Å². The number of nitrogens with two attached hydrogens (primary N) is 1. The molecule has 9 heteroatoms. The zero-order chi connectivity index (χ0) is 19.4. The summed E-state index contributed by atoms with van der Waals surface area (Å²) in [6.45, 7) is 1.71. The number of benzene rings is 2. The van der Waals surface area contributed by atoms with Gasteiger partial charge in [-0.3, -0.25) is 4.79 Å². The van der Waals surface area contributed by atoms with Crippen molar-refractivity contribution in [2.75, 3.05) is 11.2 Å². The summed E-state index contributed by atoms with van der Waals surface area (Å²) < 4.78 is 14.3. The number of nitrogens with one attached hydrogen (secondary N) is 1. The Morgan fingerprint density at radius 1 is 1.30 bits per heavy atom. The van der Waals surface area contributed by atoms with Gasteiger partial charge >= 0.3 is 0 Å². The van der Waals surface area contributed by atoms with Crippen LogP contribution >= 0.6 is 11.8 Å². The van der Waals surface area contributed by atoms with Gasteiger partial charge in [-0.1, -0.05) is 17.8 Å². The van der Waals surface area contributed by atoms with E-state index in [1.165, 1.54) is 16.8 Å². The van der Waals surface area contributed by atoms with Crippen LogP contribution in [0, 0.1) is 17.1 Å². The van der Waals surface area contributed by atoms with E-state index >= 15 is 0 Å². The lowest BCUT2D eigenvalue weighted by molar-refractivity contribution is -0.115. The summed E-state index contributed by atoms with van der Waals surface area (Å²) in [5.74, 6) is 5.77. The van der Waals surface area contributed by atoms with Gasteiger partial charge in [-0.05, 0) is 49.4 Å². The first-order valence-corrected chi connectivity index (χ1v) is 8.80. The number of amides is 1. The molecular formula is C18H15FN6OS. The highest BCUT2D eigenvalue weighted by atomic mass is 32.2. The normalized spacial score (nSPS) is 11.6. The van der Waals surface area contributed by atoms with Crippen LogP contribution in [0.5, 0.6) is 0 Å². The number of nitrogens with zero attached hydrogens (tertiary/aromatic N) is 4. The molecule has 1 atom stereocenters. The van der Waals surface area contributed by atoms with Gasteiger partial charge < -0.3 is 11.2 Å². The number of nitriles is 1. The monoisotopic (exact) mass is 382 g/mol. The van der Waals surface area contributed by atoms with E-state index in [1.807, 2.05) is 6.07 Å². The molecule has 3 rings (SSSR count). The Morgan fingerprint density at radius 2 is 2.04 bits per heavy atom. The highest BCUT2D eigenvalue weighted by Crippen LogP contribution is 2.25. The molecule has 27 heavy (non-hydrogen) atoms. The average Bonchev–Trinajstić information content (AvgIpc) is 3.03. The van der Waals surface area contributed by atoms with Gasteiger partial charge in [-0.15, -0.1) is 10.2 Å². The van der Waals surface area contributed by atoms with Gasteiger partial charge in [0.2, 0.25) is 11.1 Å². The van der Waals surface area contributed by atoms with Crippen molar-refractivity contribution < 1.29 is 9.18 Å². The van der Waals surface area contributed by atoms with E-state index in [9.17, 15) is 9.18 Å². The molecule has 2 aromatic carbocycles. The molecule has 136 valence electrons. The Kier molecular flexibility index (Phi) is 5.38. The zero-order valence-electron chi connectivity index (χ0n) is 14.3. The lowest BCUT2D eigenvalue weighted by atomic mass is 10.2. The third-order valence-corrected chi connectivity index (χ3v) is 4.73. The first-order valence-electron chi connectivity index (χ1n) is 7.92. The number of hydrogen-bond acceptors (Lipinski definition) is 6. The van der Waals surface area contributed by atoms with Crippen molar-refractivity contribution in [3.05, 3.63) is 59.9 Å². The van der Waals surface area contributed by atoms with Gasteiger partial charge in [0.15, 0.2) is 5.82 Å². The molecule has 0 spiro atoms. The van der Waals surface area contributed by atoms with Crippen LogP contribution in [0.4, 0.5) is 10.1 Å². The number of anilines is 1. The molecule has 0 bridgehead atoms. The Labute approximate surface area is 159 Å². The minimum Gasteiger partial charge on any atom is -0.335 e. The third kappa shape index (κ3) is 4.24. The van der Waals surface area contributed by atoms with Crippen molar-refractivity contribution in [1.82, 2.24) is 14.9 Å². The molecule has 7 nitrogen and oxygen atoms in total. The maximum atomic E-state index is 13.1. The topological polar surface area (TPSA) is 110 Å². The molecule has 3 N–H and O–H groups in total. The predicted molar refractivity (Wildman–Crippen MR) is 101 cm³/mol. The van der Waals surface area contributed by atoms with E-state index in [1.54, 1.807) is 43.3 Å². The fourth-order valence-electron chi connectivity index (χ4n) is 2.28. The fourth-order valence-corrected chi connectivity index (χ4v) is 3.05. The van der Waals surface area contributed by atoms with E-state index in [-0.39, 0.29) is 11.7 Å². The second-order valence-corrected chi connectivity index (χ2v) is 6.93.